The fourth-order valence-electron chi connectivity index (χ4n) is 5.00. The highest BCUT2D eigenvalue weighted by Gasteiger charge is 2.25. The van der Waals surface area contributed by atoms with Crippen molar-refractivity contribution in [3.05, 3.63) is 34.6 Å². The summed E-state index contributed by atoms with van der Waals surface area (Å²) in [5, 5.41) is 6.65. The zero-order valence-electron chi connectivity index (χ0n) is 17.5. The molecule has 1 aromatic heterocycles. The standard InChI is InChI=1S/C22H32N4O3S/c27-22-20-12-5-4-11-19(20)21(24-26(22)18-9-2-1-3-10-18)25-15-7-6-8-17(16-25)13-14-23-30(28)29/h4-5,11-12,17-18,23H,1-3,6-10,13-16H2,(H,28,29). The zero-order chi connectivity index (χ0) is 20.9. The van der Waals surface area contributed by atoms with Gasteiger partial charge in [0.05, 0.1) is 11.4 Å². The molecule has 0 radical (unpaired) electrons. The molecule has 4 rings (SSSR count). The highest BCUT2D eigenvalue weighted by molar-refractivity contribution is 7.77. The van der Waals surface area contributed by atoms with Crippen LogP contribution in [0.5, 0.6) is 0 Å². The lowest BCUT2D eigenvalue weighted by Gasteiger charge is -2.29. The third-order valence-corrected chi connectivity index (χ3v) is 7.03. The number of rotatable bonds is 6. The minimum atomic E-state index is -1.96. The van der Waals surface area contributed by atoms with Crippen molar-refractivity contribution in [2.45, 2.75) is 63.8 Å². The molecule has 1 aliphatic heterocycles. The van der Waals surface area contributed by atoms with E-state index in [2.05, 4.69) is 9.62 Å². The van der Waals surface area contributed by atoms with Gasteiger partial charge in [0, 0.05) is 25.0 Å². The summed E-state index contributed by atoms with van der Waals surface area (Å²) in [5.41, 5.74) is 0.0299. The minimum Gasteiger partial charge on any atom is -0.354 e. The molecule has 0 spiro atoms. The normalized spacial score (nSPS) is 22.2. The summed E-state index contributed by atoms with van der Waals surface area (Å²) < 4.78 is 24.3. The first-order chi connectivity index (χ1) is 14.6. The number of nitrogens with one attached hydrogen (secondary N) is 1. The Labute approximate surface area is 180 Å². The van der Waals surface area contributed by atoms with Crippen LogP contribution in [0.4, 0.5) is 5.82 Å². The fraction of sp³-hybridized carbons (Fsp3) is 0.636. The molecule has 30 heavy (non-hydrogen) atoms. The van der Waals surface area contributed by atoms with Gasteiger partial charge in [-0.3, -0.25) is 9.35 Å². The second kappa shape index (κ2) is 10.0. The number of hydrogen-bond acceptors (Lipinski definition) is 4. The molecule has 1 aromatic carbocycles. The number of anilines is 1. The Morgan fingerprint density at radius 2 is 1.80 bits per heavy atom. The van der Waals surface area contributed by atoms with Crippen molar-refractivity contribution in [2.75, 3.05) is 24.5 Å². The molecule has 164 valence electrons. The summed E-state index contributed by atoms with van der Waals surface area (Å²) in [5.74, 6) is 1.35. The van der Waals surface area contributed by atoms with Crippen LogP contribution in [0.3, 0.4) is 0 Å². The lowest BCUT2D eigenvalue weighted by molar-refractivity contribution is 0.320. The first-order valence-corrected chi connectivity index (χ1v) is 12.3. The van der Waals surface area contributed by atoms with Crippen LogP contribution in [-0.4, -0.2) is 38.2 Å². The van der Waals surface area contributed by atoms with Gasteiger partial charge in [-0.15, -0.1) is 0 Å². The molecule has 8 heteroatoms. The van der Waals surface area contributed by atoms with Crippen molar-refractivity contribution < 1.29 is 8.76 Å². The molecule has 1 saturated carbocycles. The first kappa shape index (κ1) is 21.5. The van der Waals surface area contributed by atoms with Crippen LogP contribution in [0.25, 0.3) is 10.8 Å². The highest BCUT2D eigenvalue weighted by atomic mass is 32.2. The van der Waals surface area contributed by atoms with Crippen LogP contribution in [0.15, 0.2) is 29.1 Å². The van der Waals surface area contributed by atoms with E-state index >= 15 is 0 Å². The summed E-state index contributed by atoms with van der Waals surface area (Å²) in [6.45, 7) is 2.31. The summed E-state index contributed by atoms with van der Waals surface area (Å²) in [6, 6.07) is 8.05. The van der Waals surface area contributed by atoms with E-state index < -0.39 is 11.3 Å². The maximum absolute atomic E-state index is 13.2. The van der Waals surface area contributed by atoms with Crippen molar-refractivity contribution in [3.63, 3.8) is 0 Å². The van der Waals surface area contributed by atoms with E-state index in [4.69, 9.17) is 9.65 Å². The lowest BCUT2D eigenvalue weighted by atomic mass is 9.95. The molecule has 0 bridgehead atoms. The molecule has 1 aliphatic carbocycles. The van der Waals surface area contributed by atoms with Gasteiger partial charge >= 0.3 is 0 Å². The molecule has 1 saturated heterocycles. The SMILES string of the molecule is O=c1c2ccccc2c(N2CCCCC(CCNS(=O)O)C2)nn1C1CCCCC1. The molecule has 2 aliphatic rings. The van der Waals surface area contributed by atoms with Crippen LogP contribution in [0.2, 0.25) is 0 Å². The number of hydrogen-bond donors (Lipinski definition) is 2. The van der Waals surface area contributed by atoms with Gasteiger partial charge in [-0.2, -0.15) is 5.10 Å². The molecular weight excluding hydrogens is 400 g/mol. The Hall–Kier alpha value is -1.77. The predicted molar refractivity (Wildman–Crippen MR) is 121 cm³/mol. The molecule has 2 heterocycles. The topological polar surface area (TPSA) is 87.5 Å². The fourth-order valence-corrected chi connectivity index (χ4v) is 5.30. The summed E-state index contributed by atoms with van der Waals surface area (Å²) in [7, 11) is 0. The third-order valence-electron chi connectivity index (χ3n) is 6.58. The maximum atomic E-state index is 13.2. The van der Waals surface area contributed by atoms with Crippen LogP contribution in [-0.2, 0) is 11.3 Å². The van der Waals surface area contributed by atoms with Crippen molar-refractivity contribution in [1.29, 1.82) is 0 Å². The Balaban J connectivity index is 1.66. The molecule has 2 fully saturated rings. The Bertz CT molecular complexity index is 942. The monoisotopic (exact) mass is 432 g/mol. The van der Waals surface area contributed by atoms with Gasteiger partial charge in [-0.25, -0.2) is 13.6 Å². The Morgan fingerprint density at radius 1 is 1.07 bits per heavy atom. The van der Waals surface area contributed by atoms with Gasteiger partial charge in [-0.1, -0.05) is 43.9 Å². The van der Waals surface area contributed by atoms with E-state index in [0.717, 1.165) is 81.0 Å². The average molecular weight is 433 g/mol. The molecule has 2 N–H and O–H groups in total. The van der Waals surface area contributed by atoms with Gasteiger partial charge < -0.3 is 4.90 Å². The second-order valence-corrected chi connectivity index (χ2v) is 9.44. The number of benzene rings is 1. The van der Waals surface area contributed by atoms with E-state index in [-0.39, 0.29) is 11.6 Å². The summed E-state index contributed by atoms with van der Waals surface area (Å²) >= 11 is -1.96. The highest BCUT2D eigenvalue weighted by Crippen LogP contribution is 2.31. The Morgan fingerprint density at radius 3 is 2.57 bits per heavy atom. The molecule has 2 unspecified atom stereocenters. The maximum Gasteiger partial charge on any atom is 0.275 e. The van der Waals surface area contributed by atoms with Gasteiger partial charge in [-0.05, 0) is 44.1 Å². The van der Waals surface area contributed by atoms with Gasteiger partial charge in [0.2, 0.25) is 11.3 Å². The van der Waals surface area contributed by atoms with Crippen molar-refractivity contribution in [3.8, 4) is 0 Å². The smallest absolute Gasteiger partial charge is 0.275 e. The second-order valence-electron chi connectivity index (χ2n) is 8.65. The minimum absolute atomic E-state index is 0.0299. The number of nitrogens with zero attached hydrogens (tertiary/aromatic N) is 3. The lowest BCUT2D eigenvalue weighted by Crippen LogP contribution is -2.35. The zero-order valence-corrected chi connectivity index (χ0v) is 18.3. The number of aromatic nitrogens is 2. The van der Waals surface area contributed by atoms with E-state index in [9.17, 15) is 9.00 Å². The molecule has 2 aromatic rings. The largest absolute Gasteiger partial charge is 0.354 e. The molecule has 0 amide bonds. The Kier molecular flexibility index (Phi) is 7.17. The van der Waals surface area contributed by atoms with Crippen molar-refractivity contribution >= 4 is 27.9 Å². The quantitative estimate of drug-likeness (QED) is 0.681. The van der Waals surface area contributed by atoms with Gasteiger partial charge in [0.15, 0.2) is 5.82 Å². The van der Waals surface area contributed by atoms with Crippen LogP contribution >= 0.6 is 0 Å². The predicted octanol–water partition coefficient (Wildman–Crippen LogP) is 3.62. The van der Waals surface area contributed by atoms with E-state index in [1.807, 2.05) is 24.3 Å². The van der Waals surface area contributed by atoms with Gasteiger partial charge in [0.25, 0.3) is 5.56 Å². The van der Waals surface area contributed by atoms with Gasteiger partial charge in [0.1, 0.15) is 0 Å². The van der Waals surface area contributed by atoms with Crippen molar-refractivity contribution in [2.24, 2.45) is 5.92 Å². The van der Waals surface area contributed by atoms with Crippen LogP contribution in [0, 0.1) is 5.92 Å². The third kappa shape index (κ3) is 4.92. The van der Waals surface area contributed by atoms with E-state index in [1.165, 1.54) is 6.42 Å². The van der Waals surface area contributed by atoms with Crippen LogP contribution < -0.4 is 15.2 Å². The van der Waals surface area contributed by atoms with Crippen molar-refractivity contribution in [1.82, 2.24) is 14.5 Å². The molecule has 7 nitrogen and oxygen atoms in total. The summed E-state index contributed by atoms with van der Waals surface area (Å²) in [4.78, 5) is 15.6. The first-order valence-electron chi connectivity index (χ1n) is 11.2. The average Bonchev–Trinajstić information content (AvgIpc) is 3.00. The van der Waals surface area contributed by atoms with Crippen LogP contribution in [0.1, 0.15) is 63.8 Å². The molecule has 2 atom stereocenters. The van der Waals surface area contributed by atoms with E-state index in [1.54, 1.807) is 4.68 Å². The number of fused-ring (bicyclic) bond motifs is 1. The summed E-state index contributed by atoms with van der Waals surface area (Å²) in [6.07, 6.45) is 9.80. The molecular formula is C22H32N4O3S. The van der Waals surface area contributed by atoms with E-state index in [0.29, 0.717) is 12.5 Å².